The summed E-state index contributed by atoms with van der Waals surface area (Å²) in [6.07, 6.45) is -4.63. The van der Waals surface area contributed by atoms with Gasteiger partial charge in [-0.15, -0.1) is 0 Å². The molecule has 2 N–H and O–H groups in total. The van der Waals surface area contributed by atoms with Crippen LogP contribution in [0, 0.1) is 5.95 Å². The van der Waals surface area contributed by atoms with Crippen LogP contribution in [-0.2, 0) is 17.5 Å². The molecule has 1 aliphatic heterocycles. The van der Waals surface area contributed by atoms with Crippen molar-refractivity contribution in [3.63, 3.8) is 0 Å². The Morgan fingerprint density at radius 1 is 1.30 bits per heavy atom. The van der Waals surface area contributed by atoms with Gasteiger partial charge in [-0.1, -0.05) is 0 Å². The van der Waals surface area contributed by atoms with Crippen LogP contribution in [0.2, 0.25) is 0 Å². The van der Waals surface area contributed by atoms with Gasteiger partial charge >= 0.3 is 6.18 Å². The lowest BCUT2D eigenvalue weighted by Crippen LogP contribution is -2.40. The number of alkyl halides is 4. The molecule has 5 nitrogen and oxygen atoms in total. The molecule has 1 aliphatic rings. The molecular formula is C17H15F5N4O. The first kappa shape index (κ1) is 19.2. The van der Waals surface area contributed by atoms with E-state index in [1.807, 2.05) is 0 Å². The Morgan fingerprint density at radius 3 is 2.67 bits per heavy atom. The minimum absolute atomic E-state index is 0.0333. The molecular weight excluding hydrogens is 371 g/mol. The second kappa shape index (κ2) is 7.55. The molecule has 10 heteroatoms. The maximum absolute atomic E-state index is 13.8. The van der Waals surface area contributed by atoms with E-state index in [9.17, 15) is 26.7 Å². The number of aromatic nitrogens is 2. The third kappa shape index (κ3) is 4.76. The summed E-state index contributed by atoms with van der Waals surface area (Å²) in [6.45, 7) is 0.0709. The summed E-state index contributed by atoms with van der Waals surface area (Å²) in [6, 6.07) is 3.81. The summed E-state index contributed by atoms with van der Waals surface area (Å²) in [5.41, 5.74) is -0.415. The third-order valence-corrected chi connectivity index (χ3v) is 4.06. The van der Waals surface area contributed by atoms with Crippen molar-refractivity contribution in [2.24, 2.45) is 0 Å². The van der Waals surface area contributed by atoms with E-state index in [-0.39, 0.29) is 30.8 Å². The van der Waals surface area contributed by atoms with Crippen LogP contribution in [0.5, 0.6) is 0 Å². The van der Waals surface area contributed by atoms with E-state index in [2.05, 4.69) is 20.6 Å². The predicted octanol–water partition coefficient (Wildman–Crippen LogP) is 2.62. The molecule has 2 unspecified atom stereocenters. The van der Waals surface area contributed by atoms with Crippen LogP contribution < -0.4 is 10.6 Å². The number of pyridine rings is 2. The number of carbonyl (C=O) groups excluding carboxylic acids is 1. The minimum atomic E-state index is -4.57. The Balaban J connectivity index is 1.71. The number of halogens is 5. The van der Waals surface area contributed by atoms with Gasteiger partial charge in [0, 0.05) is 31.3 Å². The Labute approximate surface area is 151 Å². The molecule has 0 spiro atoms. The monoisotopic (exact) mass is 386 g/mol. The van der Waals surface area contributed by atoms with Gasteiger partial charge in [0.2, 0.25) is 11.9 Å². The van der Waals surface area contributed by atoms with Gasteiger partial charge in [0.1, 0.15) is 11.9 Å². The fourth-order valence-electron chi connectivity index (χ4n) is 2.72. The highest BCUT2D eigenvalue weighted by molar-refractivity contribution is 5.82. The van der Waals surface area contributed by atoms with Gasteiger partial charge in [0.15, 0.2) is 0 Å². The molecule has 3 rings (SSSR count). The molecule has 0 radical (unpaired) electrons. The molecule has 0 aliphatic carbocycles. The van der Waals surface area contributed by atoms with Crippen molar-refractivity contribution in [3.05, 3.63) is 47.7 Å². The summed E-state index contributed by atoms with van der Waals surface area (Å²) in [5, 5.41) is 5.30. The number of carbonyl (C=O) groups is 1. The van der Waals surface area contributed by atoms with E-state index in [0.29, 0.717) is 5.56 Å². The molecule has 1 fully saturated rings. The standard InChI is InChI=1S/C17H15F5N4O/c18-11-5-13(23-8-11)16(27)25-6-9-3-12(26-15(19)4-9)10-1-2-14(24-7-10)17(20,21)22/h1-4,7,11,13,23H,5-6,8H2,(H,25,27). The van der Waals surface area contributed by atoms with Crippen LogP contribution in [0.15, 0.2) is 30.5 Å². The molecule has 0 saturated carbocycles. The second-order valence-electron chi connectivity index (χ2n) is 6.12. The molecule has 144 valence electrons. The summed E-state index contributed by atoms with van der Waals surface area (Å²) in [4.78, 5) is 18.9. The maximum Gasteiger partial charge on any atom is 0.433 e. The van der Waals surface area contributed by atoms with Crippen LogP contribution in [0.1, 0.15) is 17.7 Å². The number of nitrogens with one attached hydrogen (secondary N) is 2. The quantitative estimate of drug-likeness (QED) is 0.626. The normalized spacial score (nSPS) is 19.9. The fourth-order valence-corrected chi connectivity index (χ4v) is 2.72. The fraction of sp³-hybridized carbons (Fsp3) is 0.353. The van der Waals surface area contributed by atoms with E-state index >= 15 is 0 Å². The van der Waals surface area contributed by atoms with Crippen molar-refractivity contribution in [2.45, 2.75) is 31.4 Å². The van der Waals surface area contributed by atoms with Crippen LogP contribution in [0.3, 0.4) is 0 Å². The van der Waals surface area contributed by atoms with Gasteiger partial charge in [0.25, 0.3) is 0 Å². The third-order valence-electron chi connectivity index (χ3n) is 4.06. The SMILES string of the molecule is O=C(NCc1cc(F)nc(-c2ccc(C(F)(F)F)nc2)c1)C1CC(F)CN1. The molecule has 0 bridgehead atoms. The predicted molar refractivity (Wildman–Crippen MR) is 85.6 cm³/mol. The van der Waals surface area contributed by atoms with Gasteiger partial charge in [-0.2, -0.15) is 17.6 Å². The maximum atomic E-state index is 13.8. The van der Waals surface area contributed by atoms with Crippen molar-refractivity contribution >= 4 is 5.91 Å². The average molecular weight is 386 g/mol. The van der Waals surface area contributed by atoms with Crippen molar-refractivity contribution in [2.75, 3.05) is 6.54 Å². The van der Waals surface area contributed by atoms with E-state index in [1.165, 1.54) is 6.07 Å². The summed E-state index contributed by atoms with van der Waals surface area (Å²) in [7, 11) is 0. The number of nitrogens with zero attached hydrogens (tertiary/aromatic N) is 2. The highest BCUT2D eigenvalue weighted by Gasteiger charge is 2.32. The molecule has 2 aromatic rings. The van der Waals surface area contributed by atoms with Gasteiger partial charge in [0.05, 0.1) is 11.7 Å². The van der Waals surface area contributed by atoms with E-state index in [0.717, 1.165) is 24.4 Å². The molecule has 3 heterocycles. The zero-order valence-electron chi connectivity index (χ0n) is 13.9. The van der Waals surface area contributed by atoms with Crippen molar-refractivity contribution in [1.29, 1.82) is 0 Å². The van der Waals surface area contributed by atoms with Crippen LogP contribution in [0.25, 0.3) is 11.3 Å². The lowest BCUT2D eigenvalue weighted by molar-refractivity contribution is -0.141. The second-order valence-corrected chi connectivity index (χ2v) is 6.12. The van der Waals surface area contributed by atoms with E-state index in [4.69, 9.17) is 0 Å². The number of rotatable bonds is 4. The van der Waals surface area contributed by atoms with Gasteiger partial charge in [-0.25, -0.2) is 9.37 Å². The molecule has 0 aromatic carbocycles. The zero-order chi connectivity index (χ0) is 19.6. The molecule has 2 aromatic heterocycles. The largest absolute Gasteiger partial charge is 0.433 e. The average Bonchev–Trinajstić information content (AvgIpc) is 3.05. The summed E-state index contributed by atoms with van der Waals surface area (Å²) in [5.74, 6) is -1.26. The number of amides is 1. The topological polar surface area (TPSA) is 66.9 Å². The highest BCUT2D eigenvalue weighted by atomic mass is 19.4. The van der Waals surface area contributed by atoms with Crippen molar-refractivity contribution in [1.82, 2.24) is 20.6 Å². The van der Waals surface area contributed by atoms with Gasteiger partial charge in [-0.3, -0.25) is 9.78 Å². The summed E-state index contributed by atoms with van der Waals surface area (Å²) < 4.78 is 64.6. The first-order valence-corrected chi connectivity index (χ1v) is 8.07. The zero-order valence-corrected chi connectivity index (χ0v) is 13.9. The Bertz CT molecular complexity index is 825. The van der Waals surface area contributed by atoms with Crippen LogP contribution in [-0.4, -0.2) is 34.6 Å². The van der Waals surface area contributed by atoms with Crippen molar-refractivity contribution in [3.8, 4) is 11.3 Å². The Kier molecular flexibility index (Phi) is 5.36. The van der Waals surface area contributed by atoms with Crippen LogP contribution >= 0.6 is 0 Å². The first-order chi connectivity index (χ1) is 12.7. The molecule has 1 amide bonds. The molecule has 2 atom stereocenters. The smallest absolute Gasteiger partial charge is 0.351 e. The number of hydrogen-bond acceptors (Lipinski definition) is 4. The summed E-state index contributed by atoms with van der Waals surface area (Å²) >= 11 is 0. The number of hydrogen-bond donors (Lipinski definition) is 2. The van der Waals surface area contributed by atoms with E-state index in [1.54, 1.807) is 0 Å². The highest BCUT2D eigenvalue weighted by Crippen LogP contribution is 2.28. The first-order valence-electron chi connectivity index (χ1n) is 8.07. The lowest BCUT2D eigenvalue weighted by Gasteiger charge is -2.12. The van der Waals surface area contributed by atoms with Gasteiger partial charge in [-0.05, 0) is 29.8 Å². The Morgan fingerprint density at radius 2 is 2.07 bits per heavy atom. The van der Waals surface area contributed by atoms with E-state index < -0.39 is 35.9 Å². The lowest BCUT2D eigenvalue weighted by atomic mass is 10.1. The molecule has 1 saturated heterocycles. The Hall–Kier alpha value is -2.62. The van der Waals surface area contributed by atoms with Crippen molar-refractivity contribution < 1.29 is 26.7 Å². The van der Waals surface area contributed by atoms with Crippen LogP contribution in [0.4, 0.5) is 22.0 Å². The minimum Gasteiger partial charge on any atom is -0.351 e. The van der Waals surface area contributed by atoms with Gasteiger partial charge < -0.3 is 10.6 Å². The molecule has 27 heavy (non-hydrogen) atoms.